The van der Waals surface area contributed by atoms with Gasteiger partial charge >= 0.3 is 0 Å². The van der Waals surface area contributed by atoms with Crippen molar-refractivity contribution in [2.75, 3.05) is 5.32 Å². The van der Waals surface area contributed by atoms with Crippen LogP contribution in [0.5, 0.6) is 11.5 Å². The zero-order valence-corrected chi connectivity index (χ0v) is 12.4. The van der Waals surface area contributed by atoms with E-state index in [-0.39, 0.29) is 5.91 Å². The van der Waals surface area contributed by atoms with Gasteiger partial charge in [-0.3, -0.25) is 4.79 Å². The van der Waals surface area contributed by atoms with E-state index < -0.39 is 6.04 Å². The summed E-state index contributed by atoms with van der Waals surface area (Å²) in [7, 11) is 0. The fraction of sp³-hybridized carbons (Fsp3) is 0.188. The summed E-state index contributed by atoms with van der Waals surface area (Å²) < 4.78 is 5.70. The zero-order chi connectivity index (χ0) is 15.2. The van der Waals surface area contributed by atoms with E-state index >= 15 is 0 Å². The third-order valence-corrected chi connectivity index (χ3v) is 3.15. The molecule has 0 aliphatic carbocycles. The number of benzene rings is 2. The van der Waals surface area contributed by atoms with Crippen LogP contribution in [0.1, 0.15) is 13.3 Å². The fourth-order valence-corrected chi connectivity index (χ4v) is 1.90. The molecule has 2 rings (SSSR count). The number of hydrogen-bond acceptors (Lipinski definition) is 3. The second-order valence-corrected chi connectivity index (χ2v) is 5.03. The van der Waals surface area contributed by atoms with Crippen LogP contribution in [-0.4, -0.2) is 11.9 Å². The third-order valence-electron chi connectivity index (χ3n) is 2.91. The van der Waals surface area contributed by atoms with E-state index in [1.165, 1.54) is 0 Å². The second-order valence-electron chi connectivity index (χ2n) is 4.59. The van der Waals surface area contributed by atoms with Gasteiger partial charge in [0.1, 0.15) is 11.5 Å². The van der Waals surface area contributed by atoms with Crippen molar-refractivity contribution >= 4 is 23.2 Å². The molecule has 3 N–H and O–H groups in total. The number of nitrogens with two attached hydrogens (primary N) is 1. The molecule has 4 nitrogen and oxygen atoms in total. The molecule has 1 unspecified atom stereocenters. The Kier molecular flexibility index (Phi) is 5.20. The molecule has 1 atom stereocenters. The summed E-state index contributed by atoms with van der Waals surface area (Å²) in [5.74, 6) is 1.04. The van der Waals surface area contributed by atoms with Crippen molar-refractivity contribution in [3.05, 3.63) is 53.6 Å². The fourth-order valence-electron chi connectivity index (χ4n) is 1.72. The van der Waals surface area contributed by atoms with Crippen LogP contribution in [0.4, 0.5) is 5.69 Å². The molecule has 0 heterocycles. The molecule has 0 bridgehead atoms. The number of carbonyl (C=O) groups excluding carboxylic acids is 1. The second kappa shape index (κ2) is 7.11. The minimum absolute atomic E-state index is 0.211. The Hall–Kier alpha value is -2.04. The van der Waals surface area contributed by atoms with Gasteiger partial charge < -0.3 is 15.8 Å². The van der Waals surface area contributed by atoms with Gasteiger partial charge in [0, 0.05) is 16.8 Å². The summed E-state index contributed by atoms with van der Waals surface area (Å²) in [4.78, 5) is 11.8. The summed E-state index contributed by atoms with van der Waals surface area (Å²) in [6, 6.07) is 13.7. The minimum Gasteiger partial charge on any atom is -0.457 e. The maximum absolute atomic E-state index is 11.8. The molecule has 0 spiro atoms. The molecule has 5 heteroatoms. The quantitative estimate of drug-likeness (QED) is 0.883. The largest absolute Gasteiger partial charge is 0.457 e. The Morgan fingerprint density at radius 2 is 1.90 bits per heavy atom. The summed E-state index contributed by atoms with van der Waals surface area (Å²) in [6.45, 7) is 1.86. The highest BCUT2D eigenvalue weighted by Gasteiger charge is 2.11. The number of anilines is 1. The highest BCUT2D eigenvalue weighted by molar-refractivity contribution is 6.30. The van der Waals surface area contributed by atoms with Gasteiger partial charge in [-0.25, -0.2) is 0 Å². The number of halogens is 1. The van der Waals surface area contributed by atoms with Crippen LogP contribution in [0.3, 0.4) is 0 Å². The highest BCUT2D eigenvalue weighted by Crippen LogP contribution is 2.26. The molecule has 0 aliphatic heterocycles. The van der Waals surface area contributed by atoms with E-state index in [0.717, 1.165) is 0 Å². The Bertz CT molecular complexity index is 631. The molecule has 21 heavy (non-hydrogen) atoms. The van der Waals surface area contributed by atoms with E-state index in [1.54, 1.807) is 36.4 Å². The number of carbonyl (C=O) groups is 1. The molecule has 2 aromatic carbocycles. The van der Waals surface area contributed by atoms with Gasteiger partial charge in [-0.2, -0.15) is 0 Å². The monoisotopic (exact) mass is 304 g/mol. The van der Waals surface area contributed by atoms with Gasteiger partial charge in [0.15, 0.2) is 0 Å². The molecule has 0 saturated carbocycles. The smallest absolute Gasteiger partial charge is 0.241 e. The first-order chi connectivity index (χ1) is 10.1. The zero-order valence-electron chi connectivity index (χ0n) is 11.7. The van der Waals surface area contributed by atoms with E-state index in [0.29, 0.717) is 28.6 Å². The Morgan fingerprint density at radius 3 is 2.57 bits per heavy atom. The van der Waals surface area contributed by atoms with Crippen molar-refractivity contribution in [1.82, 2.24) is 0 Å². The van der Waals surface area contributed by atoms with E-state index in [4.69, 9.17) is 22.1 Å². The van der Waals surface area contributed by atoms with Gasteiger partial charge in [-0.05, 0) is 36.8 Å². The normalized spacial score (nSPS) is 11.8. The first-order valence-electron chi connectivity index (χ1n) is 6.68. The number of rotatable bonds is 5. The molecule has 0 radical (unpaired) electrons. The molecule has 110 valence electrons. The van der Waals surface area contributed by atoms with Gasteiger partial charge in [0.05, 0.1) is 6.04 Å². The van der Waals surface area contributed by atoms with Crippen molar-refractivity contribution in [1.29, 1.82) is 0 Å². The van der Waals surface area contributed by atoms with Crippen LogP contribution in [0.2, 0.25) is 5.02 Å². The topological polar surface area (TPSA) is 64.4 Å². The number of ether oxygens (including phenoxy) is 1. The summed E-state index contributed by atoms with van der Waals surface area (Å²) in [6.07, 6.45) is 0.588. The lowest BCUT2D eigenvalue weighted by molar-refractivity contribution is -0.117. The van der Waals surface area contributed by atoms with Crippen molar-refractivity contribution in [2.45, 2.75) is 19.4 Å². The predicted molar refractivity (Wildman–Crippen MR) is 84.9 cm³/mol. The SMILES string of the molecule is CCC(N)C(=O)Nc1cccc(Oc2cccc(Cl)c2)c1. The summed E-state index contributed by atoms with van der Waals surface area (Å²) >= 11 is 5.91. The van der Waals surface area contributed by atoms with Gasteiger partial charge in [-0.1, -0.05) is 30.7 Å². The number of amides is 1. The van der Waals surface area contributed by atoms with E-state index in [2.05, 4.69) is 5.32 Å². The molecule has 0 aliphatic rings. The standard InChI is InChI=1S/C16H17ClN2O2/c1-2-15(18)16(20)19-12-6-4-8-14(10-12)21-13-7-3-5-11(17)9-13/h3-10,15H,2,18H2,1H3,(H,19,20). The Balaban J connectivity index is 2.09. The molecule has 2 aromatic rings. The maximum Gasteiger partial charge on any atom is 0.241 e. The highest BCUT2D eigenvalue weighted by atomic mass is 35.5. The number of nitrogens with one attached hydrogen (secondary N) is 1. The van der Waals surface area contributed by atoms with Crippen LogP contribution in [0.15, 0.2) is 48.5 Å². The van der Waals surface area contributed by atoms with Crippen LogP contribution >= 0.6 is 11.6 Å². The number of hydrogen-bond donors (Lipinski definition) is 2. The van der Waals surface area contributed by atoms with E-state index in [9.17, 15) is 4.79 Å². The molecule has 1 amide bonds. The lowest BCUT2D eigenvalue weighted by Gasteiger charge is -2.11. The third kappa shape index (κ3) is 4.48. The van der Waals surface area contributed by atoms with Crippen LogP contribution in [-0.2, 0) is 4.79 Å². The van der Waals surface area contributed by atoms with Crippen molar-refractivity contribution < 1.29 is 9.53 Å². The van der Waals surface area contributed by atoms with E-state index in [1.807, 2.05) is 19.1 Å². The van der Waals surface area contributed by atoms with Crippen LogP contribution in [0.25, 0.3) is 0 Å². The molecular weight excluding hydrogens is 288 g/mol. The van der Waals surface area contributed by atoms with Gasteiger partial charge in [0.25, 0.3) is 0 Å². The molecular formula is C16H17ClN2O2. The minimum atomic E-state index is -0.512. The first-order valence-corrected chi connectivity index (χ1v) is 7.06. The molecule has 0 saturated heterocycles. The Morgan fingerprint density at radius 1 is 1.24 bits per heavy atom. The van der Waals surface area contributed by atoms with Gasteiger partial charge in [0.2, 0.25) is 5.91 Å². The van der Waals surface area contributed by atoms with Crippen LogP contribution in [0, 0.1) is 0 Å². The van der Waals surface area contributed by atoms with Crippen molar-refractivity contribution in [2.24, 2.45) is 5.73 Å². The van der Waals surface area contributed by atoms with Crippen LogP contribution < -0.4 is 15.8 Å². The average Bonchev–Trinajstić information content (AvgIpc) is 2.46. The summed E-state index contributed by atoms with van der Waals surface area (Å²) in [5, 5.41) is 3.36. The maximum atomic E-state index is 11.8. The van der Waals surface area contributed by atoms with Crippen molar-refractivity contribution in [3.8, 4) is 11.5 Å². The Labute approximate surface area is 128 Å². The lowest BCUT2D eigenvalue weighted by Crippen LogP contribution is -2.34. The first kappa shape index (κ1) is 15.4. The van der Waals surface area contributed by atoms with Crippen molar-refractivity contribution in [3.63, 3.8) is 0 Å². The van der Waals surface area contributed by atoms with Gasteiger partial charge in [-0.15, -0.1) is 0 Å². The molecule has 0 aromatic heterocycles. The molecule has 0 fully saturated rings. The average molecular weight is 305 g/mol. The predicted octanol–water partition coefficient (Wildman–Crippen LogP) is 3.81. The summed E-state index contributed by atoms with van der Waals surface area (Å²) in [5.41, 5.74) is 6.33. The lowest BCUT2D eigenvalue weighted by atomic mass is 10.2.